The van der Waals surface area contributed by atoms with E-state index in [1.54, 1.807) is 0 Å². The molecule has 0 saturated heterocycles. The average molecular weight is 721 g/mol. The normalized spacial score (nSPS) is 15.4. The molecule has 0 radical (unpaired) electrons. The van der Waals surface area contributed by atoms with Gasteiger partial charge in [-0.15, -0.1) is 0 Å². The van der Waals surface area contributed by atoms with Crippen molar-refractivity contribution in [2.45, 2.75) is 9.79 Å². The first-order valence-electron chi connectivity index (χ1n) is 15.6. The van der Waals surface area contributed by atoms with Gasteiger partial charge in [0, 0.05) is 35.7 Å². The van der Waals surface area contributed by atoms with Crippen molar-refractivity contribution in [3.8, 4) is 16.8 Å². The van der Waals surface area contributed by atoms with Crippen LogP contribution in [0.4, 0.5) is 0 Å². The molecule has 0 amide bonds. The summed E-state index contributed by atoms with van der Waals surface area (Å²) in [6, 6.07) is 60.0. The molecular formula is C42H27BrClNSSi. The van der Waals surface area contributed by atoms with E-state index in [9.17, 15) is 0 Å². The van der Waals surface area contributed by atoms with Gasteiger partial charge in [0.2, 0.25) is 0 Å². The van der Waals surface area contributed by atoms with Crippen LogP contribution in [0.1, 0.15) is 0 Å². The molecule has 0 bridgehead atoms. The highest BCUT2D eigenvalue weighted by Gasteiger charge is 2.47. The van der Waals surface area contributed by atoms with Crippen LogP contribution in [-0.2, 0) is 0 Å². The van der Waals surface area contributed by atoms with Crippen LogP contribution in [0.5, 0.6) is 0 Å². The molecule has 2 heterocycles. The van der Waals surface area contributed by atoms with E-state index >= 15 is 0 Å². The Labute approximate surface area is 292 Å². The van der Waals surface area contributed by atoms with E-state index in [2.05, 4.69) is 184 Å². The molecular weight excluding hydrogens is 694 g/mol. The molecule has 9 rings (SSSR count). The predicted molar refractivity (Wildman–Crippen MR) is 207 cm³/mol. The number of benzene rings is 7. The Balaban J connectivity index is 1.18. The molecule has 224 valence electrons. The first-order valence-corrected chi connectivity index (χ1v) is 19.6. The van der Waals surface area contributed by atoms with Crippen molar-refractivity contribution in [3.63, 3.8) is 0 Å². The van der Waals surface area contributed by atoms with Crippen molar-refractivity contribution in [1.29, 1.82) is 0 Å². The second-order valence-electron chi connectivity index (χ2n) is 12.0. The van der Waals surface area contributed by atoms with Gasteiger partial charge in [0.15, 0.2) is 8.07 Å². The summed E-state index contributed by atoms with van der Waals surface area (Å²) >= 11 is 12.2. The molecule has 1 aromatic heterocycles. The molecule has 1 unspecified atom stereocenters. The van der Waals surface area contributed by atoms with Crippen molar-refractivity contribution in [3.05, 3.63) is 173 Å². The van der Waals surface area contributed by atoms with Crippen molar-refractivity contribution in [2.75, 3.05) is 0 Å². The van der Waals surface area contributed by atoms with Gasteiger partial charge in [-0.05, 0) is 86.5 Å². The molecule has 1 atom stereocenters. The Kier molecular flexibility index (Phi) is 7.02. The molecule has 7 aromatic carbocycles. The number of rotatable bonds is 4. The molecule has 0 fully saturated rings. The molecule has 5 heteroatoms. The van der Waals surface area contributed by atoms with Crippen LogP contribution in [0.2, 0.25) is 5.02 Å². The highest BCUT2D eigenvalue weighted by molar-refractivity contribution is 9.10. The van der Waals surface area contributed by atoms with Gasteiger partial charge in [-0.25, -0.2) is 0 Å². The molecule has 0 N–H and O–H groups in total. The van der Waals surface area contributed by atoms with Gasteiger partial charge < -0.3 is 4.57 Å². The van der Waals surface area contributed by atoms with Crippen LogP contribution in [-0.4, -0.2) is 12.6 Å². The van der Waals surface area contributed by atoms with Crippen molar-refractivity contribution in [1.82, 2.24) is 4.57 Å². The highest BCUT2D eigenvalue weighted by atomic mass is 79.9. The Morgan fingerprint density at radius 3 is 1.83 bits per heavy atom. The lowest BCUT2D eigenvalue weighted by Gasteiger charge is -2.40. The lowest BCUT2D eigenvalue weighted by Crippen LogP contribution is -2.76. The fraction of sp³-hybridized carbons (Fsp3) is 0. The molecule has 0 saturated carbocycles. The fourth-order valence-corrected chi connectivity index (χ4v) is 15.3. The first-order chi connectivity index (χ1) is 23.1. The summed E-state index contributed by atoms with van der Waals surface area (Å²) in [7, 11) is -2.66. The minimum Gasteiger partial charge on any atom is -0.309 e. The number of aromatic nitrogens is 1. The van der Waals surface area contributed by atoms with Gasteiger partial charge in [0.1, 0.15) is 0 Å². The zero-order chi connectivity index (χ0) is 31.5. The van der Waals surface area contributed by atoms with E-state index in [0.717, 1.165) is 15.2 Å². The largest absolute Gasteiger partial charge is 0.309 e. The zero-order valence-corrected chi connectivity index (χ0v) is 29.4. The summed E-state index contributed by atoms with van der Waals surface area (Å²) in [5.74, 6) is 0. The Morgan fingerprint density at radius 1 is 0.511 bits per heavy atom. The maximum absolute atomic E-state index is 6.60. The SMILES string of the molecule is Clc1ccc2c(c1)Sc1ccccc1[Si]2(c1ccc(-c2ccc(-n3c4ccccc4c4ccccc43)cc2)cc1)c1cccc(Br)c1. The van der Waals surface area contributed by atoms with E-state index in [1.165, 1.54) is 63.5 Å². The molecule has 0 aliphatic carbocycles. The molecule has 1 aliphatic rings. The van der Waals surface area contributed by atoms with E-state index in [4.69, 9.17) is 11.6 Å². The van der Waals surface area contributed by atoms with Crippen LogP contribution < -0.4 is 20.7 Å². The van der Waals surface area contributed by atoms with Crippen molar-refractivity contribution < 1.29 is 0 Å². The number of nitrogens with zero attached hydrogens (tertiary/aromatic N) is 1. The fourth-order valence-electron chi connectivity index (χ4n) is 7.45. The van der Waals surface area contributed by atoms with Gasteiger partial charge in [-0.1, -0.05) is 148 Å². The third-order valence-electron chi connectivity index (χ3n) is 9.47. The lowest BCUT2D eigenvalue weighted by atomic mass is 10.1. The Hall–Kier alpha value is -4.32. The number of para-hydroxylation sites is 2. The maximum Gasteiger partial charge on any atom is 0.181 e. The number of halogens is 2. The highest BCUT2D eigenvalue weighted by Crippen LogP contribution is 2.36. The van der Waals surface area contributed by atoms with E-state index in [-0.39, 0.29) is 0 Å². The number of fused-ring (bicyclic) bond motifs is 5. The standard InChI is InChI=1S/C42H27BrClNSSi/c43-30-8-7-9-34(26-30)47(41-15-6-5-14-39(41)46-40-27-31(44)20-25-42(40)47)33-23-18-29(19-24-33)28-16-21-32(22-17-28)45-37-12-3-1-10-35(37)36-11-2-4-13-38(36)45/h1-27H. The van der Waals surface area contributed by atoms with Gasteiger partial charge >= 0.3 is 0 Å². The monoisotopic (exact) mass is 719 g/mol. The minimum absolute atomic E-state index is 0.771. The minimum atomic E-state index is -2.66. The summed E-state index contributed by atoms with van der Waals surface area (Å²) in [4.78, 5) is 2.55. The Morgan fingerprint density at radius 2 is 1.13 bits per heavy atom. The van der Waals surface area contributed by atoms with Crippen molar-refractivity contribution in [2.24, 2.45) is 0 Å². The van der Waals surface area contributed by atoms with Gasteiger partial charge in [0.05, 0.1) is 11.0 Å². The summed E-state index contributed by atoms with van der Waals surface area (Å²) in [5, 5.41) is 8.83. The van der Waals surface area contributed by atoms with Crippen LogP contribution in [0.25, 0.3) is 38.6 Å². The van der Waals surface area contributed by atoms with Crippen LogP contribution in [0.15, 0.2) is 178 Å². The molecule has 1 aliphatic heterocycles. The second-order valence-corrected chi connectivity index (χ2v) is 18.2. The van der Waals surface area contributed by atoms with Gasteiger partial charge in [-0.3, -0.25) is 0 Å². The van der Waals surface area contributed by atoms with Gasteiger partial charge in [-0.2, -0.15) is 0 Å². The van der Waals surface area contributed by atoms with Gasteiger partial charge in [0.25, 0.3) is 0 Å². The van der Waals surface area contributed by atoms with E-state index in [1.807, 2.05) is 11.8 Å². The predicted octanol–water partition coefficient (Wildman–Crippen LogP) is 9.71. The second kappa shape index (κ2) is 11.4. The van der Waals surface area contributed by atoms with E-state index < -0.39 is 8.07 Å². The lowest BCUT2D eigenvalue weighted by molar-refractivity contribution is 1.18. The van der Waals surface area contributed by atoms with Crippen molar-refractivity contribution >= 4 is 89.9 Å². The van der Waals surface area contributed by atoms with Crippen LogP contribution >= 0.6 is 39.3 Å². The third kappa shape index (κ3) is 4.58. The molecule has 0 spiro atoms. The summed E-state index contributed by atoms with van der Waals surface area (Å²) in [6.07, 6.45) is 0. The maximum atomic E-state index is 6.60. The first kappa shape index (κ1) is 28.9. The van der Waals surface area contributed by atoms with Crippen LogP contribution in [0.3, 0.4) is 0 Å². The molecule has 1 nitrogen and oxygen atoms in total. The zero-order valence-electron chi connectivity index (χ0n) is 25.2. The topological polar surface area (TPSA) is 4.93 Å². The molecule has 8 aromatic rings. The van der Waals surface area contributed by atoms with E-state index in [0.29, 0.717) is 0 Å². The average Bonchev–Trinajstić information content (AvgIpc) is 3.45. The summed E-state index contributed by atoms with van der Waals surface area (Å²) in [5.41, 5.74) is 6.01. The smallest absolute Gasteiger partial charge is 0.181 e. The number of hydrogen-bond acceptors (Lipinski definition) is 1. The quantitative estimate of drug-likeness (QED) is 0.164. The van der Waals surface area contributed by atoms with Crippen LogP contribution in [0, 0.1) is 0 Å². The Bertz CT molecular complexity index is 2420. The molecule has 47 heavy (non-hydrogen) atoms. The number of hydrogen-bond donors (Lipinski definition) is 0. The summed E-state index contributed by atoms with van der Waals surface area (Å²) < 4.78 is 3.46. The third-order valence-corrected chi connectivity index (χ3v) is 16.6. The summed E-state index contributed by atoms with van der Waals surface area (Å²) in [6.45, 7) is 0.